The van der Waals surface area contributed by atoms with Gasteiger partial charge in [0.2, 0.25) is 0 Å². The molecule has 7 nitrogen and oxygen atoms in total. The molecule has 0 radical (unpaired) electrons. The average Bonchev–Trinajstić information content (AvgIpc) is 3.27. The number of ether oxygens (including phenoxy) is 2. The van der Waals surface area contributed by atoms with E-state index < -0.39 is 22.6 Å². The zero-order valence-electron chi connectivity index (χ0n) is 17.7. The van der Waals surface area contributed by atoms with Crippen LogP contribution < -0.4 is 9.04 Å². The summed E-state index contributed by atoms with van der Waals surface area (Å²) in [4.78, 5) is 25.0. The van der Waals surface area contributed by atoms with Crippen molar-refractivity contribution in [3.63, 3.8) is 0 Å². The largest absolute Gasteiger partial charge is 0.496 e. The first-order chi connectivity index (χ1) is 15.8. The molecule has 0 bridgehead atoms. The smallest absolute Gasteiger partial charge is 0.342 e. The van der Waals surface area contributed by atoms with Gasteiger partial charge in [-0.3, -0.25) is 9.10 Å². The van der Waals surface area contributed by atoms with Crippen LogP contribution in [-0.2, 0) is 21.2 Å². The van der Waals surface area contributed by atoms with E-state index >= 15 is 0 Å². The monoisotopic (exact) mass is 529 g/mol. The molecule has 0 fully saturated rings. The molecule has 0 N–H and O–H groups in total. The van der Waals surface area contributed by atoms with Crippen LogP contribution in [0.1, 0.15) is 26.3 Å². The zero-order valence-corrected chi connectivity index (χ0v) is 20.1. The number of benzene rings is 3. The topological polar surface area (TPSA) is 90.0 Å². The van der Waals surface area contributed by atoms with Crippen molar-refractivity contribution in [2.75, 3.05) is 24.6 Å². The van der Waals surface area contributed by atoms with Crippen molar-refractivity contribution in [3.05, 3.63) is 87.9 Å². The molecule has 3 aromatic carbocycles. The standard InChI is InChI=1S/C24H20BrNO6S/c1-31-23-11-10-19(33(29,30)26-13-12-16-4-2-3-5-21(16)26)14-20(23)24(28)32-15-22(27)17-6-8-18(25)9-7-17/h2-11,14H,12-13,15H2,1H3. The lowest BCUT2D eigenvalue weighted by molar-refractivity contribution is 0.0471. The van der Waals surface area contributed by atoms with E-state index in [0.29, 0.717) is 24.2 Å². The van der Waals surface area contributed by atoms with Crippen LogP contribution in [0.3, 0.4) is 0 Å². The average molecular weight is 530 g/mol. The second-order valence-corrected chi connectivity index (χ2v) is 10.1. The molecule has 0 spiro atoms. The van der Waals surface area contributed by atoms with E-state index in [1.807, 2.05) is 12.1 Å². The molecule has 9 heteroatoms. The number of para-hydroxylation sites is 1. The quantitative estimate of drug-likeness (QED) is 0.335. The summed E-state index contributed by atoms with van der Waals surface area (Å²) < 4.78 is 39.2. The van der Waals surface area contributed by atoms with Crippen LogP contribution in [0.15, 0.2) is 76.1 Å². The fourth-order valence-corrected chi connectivity index (χ4v) is 5.41. The maximum Gasteiger partial charge on any atom is 0.342 e. The Hall–Kier alpha value is -3.17. The summed E-state index contributed by atoms with van der Waals surface area (Å²) in [6.07, 6.45) is 0.610. The number of halogens is 1. The summed E-state index contributed by atoms with van der Waals surface area (Å²) in [6, 6.07) is 18.0. The Morgan fingerprint density at radius 1 is 1.03 bits per heavy atom. The first-order valence-electron chi connectivity index (χ1n) is 10.1. The molecule has 0 aromatic heterocycles. The van der Waals surface area contributed by atoms with Crippen LogP contribution in [0.4, 0.5) is 5.69 Å². The third kappa shape index (κ3) is 4.65. The minimum Gasteiger partial charge on any atom is -0.496 e. The zero-order chi connectivity index (χ0) is 23.6. The van der Waals surface area contributed by atoms with E-state index in [4.69, 9.17) is 9.47 Å². The number of Topliss-reactive ketones (excluding diaryl/α,β-unsaturated/α-hetero) is 1. The number of nitrogens with zero attached hydrogens (tertiary/aromatic N) is 1. The fourth-order valence-electron chi connectivity index (χ4n) is 3.62. The van der Waals surface area contributed by atoms with Crippen molar-refractivity contribution < 1.29 is 27.5 Å². The number of anilines is 1. The van der Waals surface area contributed by atoms with Gasteiger partial charge in [-0.1, -0.05) is 46.3 Å². The minimum absolute atomic E-state index is 0.0637. The molecule has 3 aromatic rings. The maximum absolute atomic E-state index is 13.3. The number of carbonyl (C=O) groups excluding carboxylic acids is 2. The van der Waals surface area contributed by atoms with Gasteiger partial charge >= 0.3 is 5.97 Å². The Labute approximate surface area is 200 Å². The number of methoxy groups -OCH3 is 1. The number of carbonyl (C=O) groups is 2. The lowest BCUT2D eigenvalue weighted by atomic mass is 10.1. The first kappa shape index (κ1) is 23.0. The molecule has 0 amide bonds. The van der Waals surface area contributed by atoms with Gasteiger partial charge in [-0.25, -0.2) is 13.2 Å². The van der Waals surface area contributed by atoms with Crippen LogP contribution in [0.25, 0.3) is 0 Å². The summed E-state index contributed by atoms with van der Waals surface area (Å²) in [5, 5.41) is 0. The highest BCUT2D eigenvalue weighted by Gasteiger charge is 2.32. The van der Waals surface area contributed by atoms with E-state index in [0.717, 1.165) is 10.0 Å². The van der Waals surface area contributed by atoms with E-state index in [1.165, 1.54) is 29.6 Å². The molecular formula is C24H20BrNO6S. The fraction of sp³-hybridized carbons (Fsp3) is 0.167. The Morgan fingerprint density at radius 2 is 1.76 bits per heavy atom. The number of fused-ring (bicyclic) bond motifs is 1. The minimum atomic E-state index is -3.91. The summed E-state index contributed by atoms with van der Waals surface area (Å²) in [7, 11) is -2.55. The van der Waals surface area contributed by atoms with Crippen molar-refractivity contribution >= 4 is 43.4 Å². The highest BCUT2D eigenvalue weighted by Crippen LogP contribution is 2.34. The van der Waals surface area contributed by atoms with Gasteiger partial charge in [0, 0.05) is 16.6 Å². The van der Waals surface area contributed by atoms with Crippen molar-refractivity contribution in [2.24, 2.45) is 0 Å². The van der Waals surface area contributed by atoms with Gasteiger partial charge in [0.25, 0.3) is 10.0 Å². The predicted molar refractivity (Wildman–Crippen MR) is 126 cm³/mol. The normalized spacial score (nSPS) is 12.8. The third-order valence-corrected chi connectivity index (χ3v) is 7.66. The lowest BCUT2D eigenvalue weighted by Gasteiger charge is -2.20. The molecule has 0 saturated carbocycles. The summed E-state index contributed by atoms with van der Waals surface area (Å²) >= 11 is 3.30. The van der Waals surface area contributed by atoms with Crippen molar-refractivity contribution in [3.8, 4) is 5.75 Å². The van der Waals surface area contributed by atoms with E-state index in [1.54, 1.807) is 36.4 Å². The van der Waals surface area contributed by atoms with E-state index in [2.05, 4.69) is 15.9 Å². The van der Waals surface area contributed by atoms with Crippen molar-refractivity contribution in [1.29, 1.82) is 0 Å². The van der Waals surface area contributed by atoms with E-state index in [-0.39, 0.29) is 22.0 Å². The van der Waals surface area contributed by atoms with E-state index in [9.17, 15) is 18.0 Å². The van der Waals surface area contributed by atoms with Gasteiger partial charge < -0.3 is 9.47 Å². The van der Waals surface area contributed by atoms with Gasteiger partial charge in [0.05, 0.1) is 17.7 Å². The molecule has 1 aliphatic rings. The van der Waals surface area contributed by atoms with Gasteiger partial charge in [-0.2, -0.15) is 0 Å². The van der Waals surface area contributed by atoms with Gasteiger partial charge in [-0.05, 0) is 48.4 Å². The second kappa shape index (κ2) is 9.36. The molecule has 1 aliphatic heterocycles. The summed E-state index contributed by atoms with van der Waals surface area (Å²) in [5.74, 6) is -1.08. The van der Waals surface area contributed by atoms with Crippen LogP contribution in [0, 0.1) is 0 Å². The number of rotatable bonds is 7. The predicted octanol–water partition coefficient (Wildman–Crippen LogP) is 4.25. The third-order valence-electron chi connectivity index (χ3n) is 5.32. The molecule has 0 atom stereocenters. The molecule has 4 rings (SSSR count). The summed E-state index contributed by atoms with van der Waals surface area (Å²) in [6.45, 7) is -0.171. The van der Waals surface area contributed by atoms with Crippen molar-refractivity contribution in [1.82, 2.24) is 0 Å². The first-order valence-corrected chi connectivity index (χ1v) is 12.3. The Balaban J connectivity index is 1.57. The number of sulfonamides is 1. The number of ketones is 1. The number of esters is 1. The molecule has 0 aliphatic carbocycles. The van der Waals surface area contributed by atoms with Gasteiger partial charge in [0.1, 0.15) is 11.3 Å². The lowest BCUT2D eigenvalue weighted by Crippen LogP contribution is -2.29. The van der Waals surface area contributed by atoms with Crippen molar-refractivity contribution in [2.45, 2.75) is 11.3 Å². The highest BCUT2D eigenvalue weighted by molar-refractivity contribution is 9.10. The SMILES string of the molecule is COc1ccc(S(=O)(=O)N2CCc3ccccc32)cc1C(=O)OCC(=O)c1ccc(Br)cc1. The van der Waals surface area contributed by atoms with Crippen LogP contribution >= 0.6 is 15.9 Å². The van der Waals surface area contributed by atoms with Crippen LogP contribution in [0.2, 0.25) is 0 Å². The maximum atomic E-state index is 13.3. The Morgan fingerprint density at radius 3 is 2.48 bits per heavy atom. The van der Waals surface area contributed by atoms with Crippen LogP contribution in [-0.4, -0.2) is 40.4 Å². The molecular weight excluding hydrogens is 510 g/mol. The van der Waals surface area contributed by atoms with Gasteiger partial charge in [0.15, 0.2) is 12.4 Å². The highest BCUT2D eigenvalue weighted by atomic mass is 79.9. The van der Waals surface area contributed by atoms with Crippen LogP contribution in [0.5, 0.6) is 5.75 Å². The Bertz CT molecular complexity index is 1320. The molecule has 33 heavy (non-hydrogen) atoms. The Kier molecular flexibility index (Phi) is 6.53. The molecule has 0 saturated heterocycles. The van der Waals surface area contributed by atoms with Gasteiger partial charge in [-0.15, -0.1) is 0 Å². The molecule has 0 unspecified atom stereocenters. The number of hydrogen-bond acceptors (Lipinski definition) is 6. The second-order valence-electron chi connectivity index (χ2n) is 7.32. The summed E-state index contributed by atoms with van der Waals surface area (Å²) in [5.41, 5.74) is 1.88. The number of hydrogen-bond donors (Lipinski definition) is 0. The molecule has 1 heterocycles. The molecule has 170 valence electrons.